The Balaban J connectivity index is 2.16. The maximum absolute atomic E-state index is 12.5. The van der Waals surface area contributed by atoms with Crippen molar-refractivity contribution in [2.45, 2.75) is 32.0 Å². The van der Waals surface area contributed by atoms with Crippen LogP contribution in [0.25, 0.3) is 0 Å². The fraction of sp³-hybridized carbons (Fsp3) is 0.250. The van der Waals surface area contributed by atoms with E-state index in [1.54, 1.807) is 12.1 Å². The predicted molar refractivity (Wildman–Crippen MR) is 97.1 cm³/mol. The van der Waals surface area contributed by atoms with E-state index in [4.69, 9.17) is 10.5 Å². The molecule has 136 valence electrons. The van der Waals surface area contributed by atoms with Gasteiger partial charge in [-0.3, -0.25) is 4.79 Å². The minimum atomic E-state index is -0.987. The van der Waals surface area contributed by atoms with E-state index in [2.05, 4.69) is 0 Å². The molecule has 2 aromatic rings. The van der Waals surface area contributed by atoms with E-state index in [0.29, 0.717) is 6.29 Å². The number of ether oxygens (including phenoxy) is 1. The molecular formula is C20H22N2O4. The van der Waals surface area contributed by atoms with Crippen LogP contribution in [0.3, 0.4) is 0 Å². The maximum atomic E-state index is 12.5. The molecule has 6 nitrogen and oxygen atoms in total. The summed E-state index contributed by atoms with van der Waals surface area (Å²) in [6, 6.07) is 16.3. The van der Waals surface area contributed by atoms with Crippen molar-refractivity contribution in [3.63, 3.8) is 0 Å². The number of rotatable bonds is 7. The van der Waals surface area contributed by atoms with Crippen LogP contribution in [0.15, 0.2) is 60.7 Å². The summed E-state index contributed by atoms with van der Waals surface area (Å²) in [6.07, 6.45) is -0.121. The molecule has 0 aromatic heterocycles. The first kappa shape index (κ1) is 19.3. The molecule has 26 heavy (non-hydrogen) atoms. The molecule has 2 N–H and O–H groups in total. The highest BCUT2D eigenvalue weighted by molar-refractivity contribution is 5.97. The molecule has 2 atom stereocenters. The van der Waals surface area contributed by atoms with Crippen LogP contribution in [0.4, 0.5) is 4.79 Å². The molecule has 2 aromatic carbocycles. The summed E-state index contributed by atoms with van der Waals surface area (Å²) in [4.78, 5) is 37.4. The van der Waals surface area contributed by atoms with Gasteiger partial charge in [-0.25, -0.2) is 9.69 Å². The van der Waals surface area contributed by atoms with Crippen molar-refractivity contribution in [1.82, 2.24) is 4.90 Å². The number of amides is 2. The van der Waals surface area contributed by atoms with Gasteiger partial charge in [0.15, 0.2) is 0 Å². The second-order valence-corrected chi connectivity index (χ2v) is 5.93. The lowest BCUT2D eigenvalue weighted by molar-refractivity contribution is -0.135. The molecule has 0 saturated carbocycles. The van der Waals surface area contributed by atoms with Crippen LogP contribution >= 0.6 is 0 Å². The Bertz CT molecular complexity index is 732. The van der Waals surface area contributed by atoms with E-state index >= 15 is 0 Å². The Kier molecular flexibility index (Phi) is 7.05. The van der Waals surface area contributed by atoms with Crippen LogP contribution in [0.5, 0.6) is 0 Å². The molecule has 2 rings (SSSR count). The van der Waals surface area contributed by atoms with Gasteiger partial charge < -0.3 is 15.3 Å². The fourth-order valence-corrected chi connectivity index (χ4v) is 2.45. The molecule has 0 aliphatic carbocycles. The zero-order valence-corrected chi connectivity index (χ0v) is 14.6. The number of carbonyl (C=O) groups excluding carboxylic acids is 3. The number of nitrogens with two attached hydrogens (primary N) is 1. The van der Waals surface area contributed by atoms with Gasteiger partial charge in [-0.1, -0.05) is 60.7 Å². The molecule has 0 heterocycles. The van der Waals surface area contributed by atoms with E-state index in [1.807, 2.05) is 48.5 Å². The van der Waals surface area contributed by atoms with Gasteiger partial charge in [0.2, 0.25) is 5.91 Å². The molecule has 2 amide bonds. The van der Waals surface area contributed by atoms with Gasteiger partial charge in [-0.2, -0.15) is 0 Å². The molecule has 0 unspecified atom stereocenters. The standard InChI is InChI=1S/C20H22N2O4/c1-15(21)19(24)22(18(13-23)12-16-8-4-2-5-9-16)20(25)26-14-17-10-6-3-7-11-17/h2-11,13,15,18H,12,14,21H2,1H3/t15-,18-/m0/s1. The smallest absolute Gasteiger partial charge is 0.417 e. The molecule has 0 saturated heterocycles. The van der Waals surface area contributed by atoms with Crippen LogP contribution < -0.4 is 5.73 Å². The lowest BCUT2D eigenvalue weighted by Crippen LogP contribution is -2.52. The normalized spacial score (nSPS) is 12.7. The Morgan fingerprint density at radius 1 is 1.04 bits per heavy atom. The average Bonchev–Trinajstić information content (AvgIpc) is 2.67. The van der Waals surface area contributed by atoms with Gasteiger partial charge in [0.25, 0.3) is 0 Å². The first-order valence-corrected chi connectivity index (χ1v) is 8.31. The largest absolute Gasteiger partial charge is 0.444 e. The third kappa shape index (κ3) is 5.26. The Morgan fingerprint density at radius 2 is 1.58 bits per heavy atom. The lowest BCUT2D eigenvalue weighted by atomic mass is 10.1. The van der Waals surface area contributed by atoms with Crippen LogP contribution in [0, 0.1) is 0 Å². The zero-order valence-electron chi connectivity index (χ0n) is 14.6. The van der Waals surface area contributed by atoms with Crippen molar-refractivity contribution < 1.29 is 19.1 Å². The van der Waals surface area contributed by atoms with Gasteiger partial charge in [-0.15, -0.1) is 0 Å². The highest BCUT2D eigenvalue weighted by Gasteiger charge is 2.33. The number of benzene rings is 2. The summed E-state index contributed by atoms with van der Waals surface area (Å²) in [7, 11) is 0. The summed E-state index contributed by atoms with van der Waals surface area (Å²) < 4.78 is 5.23. The van der Waals surface area contributed by atoms with Crippen molar-refractivity contribution in [1.29, 1.82) is 0 Å². The second kappa shape index (κ2) is 9.48. The highest BCUT2D eigenvalue weighted by atomic mass is 16.6. The van der Waals surface area contributed by atoms with Crippen molar-refractivity contribution in [3.8, 4) is 0 Å². The van der Waals surface area contributed by atoms with E-state index < -0.39 is 24.1 Å². The zero-order chi connectivity index (χ0) is 18.9. The quantitative estimate of drug-likeness (QED) is 0.771. The monoisotopic (exact) mass is 354 g/mol. The average molecular weight is 354 g/mol. The van der Waals surface area contributed by atoms with Gasteiger partial charge in [0.05, 0.1) is 6.04 Å². The summed E-state index contributed by atoms with van der Waals surface area (Å²) >= 11 is 0. The van der Waals surface area contributed by atoms with E-state index in [0.717, 1.165) is 16.0 Å². The summed E-state index contributed by atoms with van der Waals surface area (Å²) in [5.74, 6) is -0.656. The Labute approximate surface area is 152 Å². The molecule has 0 bridgehead atoms. The van der Waals surface area contributed by atoms with Crippen molar-refractivity contribution in [2.75, 3.05) is 0 Å². The SMILES string of the molecule is C[C@H](N)C(=O)N(C(=O)OCc1ccccc1)[C@H](C=O)Cc1ccccc1. The van der Waals surface area contributed by atoms with E-state index in [9.17, 15) is 14.4 Å². The van der Waals surface area contributed by atoms with Crippen LogP contribution in [-0.4, -0.2) is 35.3 Å². The highest BCUT2D eigenvalue weighted by Crippen LogP contribution is 2.12. The Morgan fingerprint density at radius 3 is 2.08 bits per heavy atom. The third-order valence-corrected chi connectivity index (χ3v) is 3.81. The Hall–Kier alpha value is -2.99. The summed E-state index contributed by atoms with van der Waals surface area (Å²) in [5.41, 5.74) is 7.25. The van der Waals surface area contributed by atoms with Crippen LogP contribution in [0.2, 0.25) is 0 Å². The second-order valence-electron chi connectivity index (χ2n) is 5.93. The fourth-order valence-electron chi connectivity index (χ4n) is 2.45. The van der Waals surface area contributed by atoms with E-state index in [-0.39, 0.29) is 13.0 Å². The molecule has 0 radical (unpaired) electrons. The first-order valence-electron chi connectivity index (χ1n) is 8.31. The van der Waals surface area contributed by atoms with Gasteiger partial charge in [0.1, 0.15) is 18.9 Å². The first-order chi connectivity index (χ1) is 12.5. The maximum Gasteiger partial charge on any atom is 0.417 e. The minimum Gasteiger partial charge on any atom is -0.444 e. The molecule has 0 aliphatic rings. The van der Waals surface area contributed by atoms with Gasteiger partial charge in [-0.05, 0) is 18.1 Å². The molecule has 0 aliphatic heterocycles. The van der Waals surface area contributed by atoms with Crippen LogP contribution in [-0.2, 0) is 27.4 Å². The number of carbonyl (C=O) groups is 3. The number of nitrogens with zero attached hydrogens (tertiary/aromatic N) is 1. The lowest BCUT2D eigenvalue weighted by Gasteiger charge is -2.27. The topological polar surface area (TPSA) is 89.7 Å². The number of hydrogen-bond donors (Lipinski definition) is 1. The van der Waals surface area contributed by atoms with Crippen LogP contribution in [0.1, 0.15) is 18.1 Å². The molecular weight excluding hydrogens is 332 g/mol. The van der Waals surface area contributed by atoms with Gasteiger partial charge >= 0.3 is 6.09 Å². The van der Waals surface area contributed by atoms with Crippen molar-refractivity contribution in [2.24, 2.45) is 5.73 Å². The van der Waals surface area contributed by atoms with Crippen molar-refractivity contribution >= 4 is 18.3 Å². The molecule has 0 fully saturated rings. The third-order valence-electron chi connectivity index (χ3n) is 3.81. The molecule has 0 spiro atoms. The summed E-state index contributed by atoms with van der Waals surface area (Å²) in [6.45, 7) is 1.46. The molecule has 6 heteroatoms. The number of imide groups is 1. The van der Waals surface area contributed by atoms with E-state index in [1.165, 1.54) is 6.92 Å². The summed E-state index contributed by atoms with van der Waals surface area (Å²) in [5, 5.41) is 0. The predicted octanol–water partition coefficient (Wildman–Crippen LogP) is 2.31. The minimum absolute atomic E-state index is 0.000675. The number of aldehydes is 1. The van der Waals surface area contributed by atoms with Gasteiger partial charge in [0, 0.05) is 6.42 Å². The van der Waals surface area contributed by atoms with Crippen molar-refractivity contribution in [3.05, 3.63) is 71.8 Å². The number of hydrogen-bond acceptors (Lipinski definition) is 5.